The lowest BCUT2D eigenvalue weighted by molar-refractivity contribution is -0.167. The van der Waals surface area contributed by atoms with Crippen molar-refractivity contribution in [3.63, 3.8) is 0 Å². The highest BCUT2D eigenvalue weighted by Gasteiger charge is 2.45. The highest BCUT2D eigenvalue weighted by atomic mass is 16.6. The van der Waals surface area contributed by atoms with E-state index in [9.17, 15) is 9.90 Å². The molecule has 3 rings (SSSR count). The fraction of sp³-hybridized carbons (Fsp3) is 0.500. The van der Waals surface area contributed by atoms with Crippen LogP contribution in [0.5, 0.6) is 0 Å². The minimum Gasteiger partial charge on any atom is -0.458 e. The number of likely N-dealkylation sites (N-methyl/N-ethyl adjacent to an activating group) is 1. The Morgan fingerprint density at radius 1 is 1.36 bits per heavy atom. The van der Waals surface area contributed by atoms with Gasteiger partial charge in [0.15, 0.2) is 0 Å². The number of hydrogen-bond donors (Lipinski definition) is 1. The summed E-state index contributed by atoms with van der Waals surface area (Å²) in [5.74, 6) is -0.535. The van der Waals surface area contributed by atoms with Gasteiger partial charge in [0.05, 0.1) is 0 Å². The standard InChI is InChI=1S/C18H23NO3/c1-19-12-11-16(13-19)22-17(20)18(21,15-9-5-6-10-15)14-7-3-2-4-8-14/h2-4,7-9,16,21H,5-6,10-13H2,1H3. The molecule has 2 unspecified atom stereocenters. The minimum absolute atomic E-state index is 0.130. The number of likely N-dealkylation sites (tertiary alicyclic amines) is 1. The zero-order valence-electron chi connectivity index (χ0n) is 13.0. The number of carbonyl (C=O) groups excluding carboxylic acids is 1. The maximum absolute atomic E-state index is 12.8. The normalized spacial score (nSPS) is 24.8. The van der Waals surface area contributed by atoms with Crippen molar-refractivity contribution in [2.45, 2.75) is 37.4 Å². The molecule has 4 heteroatoms. The van der Waals surface area contributed by atoms with E-state index in [1.54, 1.807) is 12.1 Å². The Hall–Kier alpha value is -1.65. The van der Waals surface area contributed by atoms with Crippen LogP contribution >= 0.6 is 0 Å². The van der Waals surface area contributed by atoms with Gasteiger partial charge in [0, 0.05) is 13.1 Å². The average Bonchev–Trinajstić information content (AvgIpc) is 3.19. The summed E-state index contributed by atoms with van der Waals surface area (Å²) < 4.78 is 5.64. The van der Waals surface area contributed by atoms with Gasteiger partial charge < -0.3 is 14.7 Å². The maximum Gasteiger partial charge on any atom is 0.347 e. The van der Waals surface area contributed by atoms with Gasteiger partial charge >= 0.3 is 5.97 Å². The Kier molecular flexibility index (Phi) is 4.32. The summed E-state index contributed by atoms with van der Waals surface area (Å²) in [4.78, 5) is 14.9. The molecule has 1 aromatic rings. The Bertz CT molecular complexity index is 569. The zero-order chi connectivity index (χ0) is 15.6. The molecule has 0 spiro atoms. The van der Waals surface area contributed by atoms with Crippen molar-refractivity contribution in [2.75, 3.05) is 20.1 Å². The van der Waals surface area contributed by atoms with Gasteiger partial charge in [-0.05, 0) is 43.9 Å². The second kappa shape index (κ2) is 6.23. The number of carbonyl (C=O) groups is 1. The Morgan fingerprint density at radius 2 is 2.14 bits per heavy atom. The van der Waals surface area contributed by atoms with Crippen molar-refractivity contribution >= 4 is 5.97 Å². The van der Waals surface area contributed by atoms with E-state index in [0.29, 0.717) is 5.56 Å². The van der Waals surface area contributed by atoms with Gasteiger partial charge in [-0.3, -0.25) is 0 Å². The molecule has 2 atom stereocenters. The summed E-state index contributed by atoms with van der Waals surface area (Å²) in [6.07, 6.45) is 5.30. The molecule has 2 aliphatic rings. The first kappa shape index (κ1) is 15.3. The first-order valence-electron chi connectivity index (χ1n) is 7.97. The smallest absolute Gasteiger partial charge is 0.347 e. The third-order valence-corrected chi connectivity index (χ3v) is 4.61. The van der Waals surface area contributed by atoms with Gasteiger partial charge in [0.1, 0.15) is 6.10 Å². The number of benzene rings is 1. The average molecular weight is 301 g/mol. The maximum atomic E-state index is 12.8. The lowest BCUT2D eigenvalue weighted by Crippen LogP contribution is -2.41. The van der Waals surface area contributed by atoms with Crippen molar-refractivity contribution < 1.29 is 14.6 Å². The molecule has 0 amide bonds. The quantitative estimate of drug-likeness (QED) is 0.684. The molecule has 4 nitrogen and oxygen atoms in total. The third kappa shape index (κ3) is 2.81. The van der Waals surface area contributed by atoms with Gasteiger partial charge in [0.2, 0.25) is 5.60 Å². The molecule has 1 fully saturated rings. The van der Waals surface area contributed by atoms with Crippen molar-refractivity contribution in [1.29, 1.82) is 0 Å². The first-order chi connectivity index (χ1) is 10.6. The summed E-state index contributed by atoms with van der Waals surface area (Å²) >= 11 is 0. The second-order valence-electron chi connectivity index (χ2n) is 6.28. The minimum atomic E-state index is -1.64. The van der Waals surface area contributed by atoms with E-state index in [-0.39, 0.29) is 6.10 Å². The van der Waals surface area contributed by atoms with Crippen molar-refractivity contribution in [3.8, 4) is 0 Å². The fourth-order valence-corrected chi connectivity index (χ4v) is 3.34. The van der Waals surface area contributed by atoms with Crippen LogP contribution in [0.2, 0.25) is 0 Å². The number of rotatable bonds is 4. The third-order valence-electron chi connectivity index (χ3n) is 4.61. The lowest BCUT2D eigenvalue weighted by Gasteiger charge is -2.29. The van der Waals surface area contributed by atoms with Crippen molar-refractivity contribution in [1.82, 2.24) is 4.90 Å². The van der Waals surface area contributed by atoms with Gasteiger partial charge in [-0.25, -0.2) is 4.79 Å². The van der Waals surface area contributed by atoms with Gasteiger partial charge in [-0.1, -0.05) is 36.4 Å². The molecule has 1 aliphatic heterocycles. The van der Waals surface area contributed by atoms with Crippen molar-refractivity contribution in [3.05, 3.63) is 47.5 Å². The number of ether oxygens (including phenoxy) is 1. The van der Waals surface area contributed by atoms with Gasteiger partial charge in [0.25, 0.3) is 0 Å². The SMILES string of the molecule is CN1CCC(OC(=O)C(O)(C2=CCCC2)c2ccccc2)C1. The van der Waals surface area contributed by atoms with E-state index >= 15 is 0 Å². The molecule has 1 N–H and O–H groups in total. The van der Waals surface area contributed by atoms with Crippen LogP contribution < -0.4 is 0 Å². The Labute approximate surface area is 131 Å². The highest BCUT2D eigenvalue weighted by molar-refractivity contribution is 5.85. The second-order valence-corrected chi connectivity index (χ2v) is 6.28. The Balaban J connectivity index is 1.87. The molecular weight excluding hydrogens is 278 g/mol. The molecule has 1 saturated heterocycles. The molecule has 1 aliphatic carbocycles. The molecule has 22 heavy (non-hydrogen) atoms. The van der Waals surface area contributed by atoms with Crippen LogP contribution in [0.25, 0.3) is 0 Å². The van der Waals surface area contributed by atoms with Crippen LogP contribution in [0.15, 0.2) is 42.0 Å². The summed E-state index contributed by atoms with van der Waals surface area (Å²) in [7, 11) is 2.01. The molecule has 1 aromatic carbocycles. The molecule has 0 bridgehead atoms. The van der Waals surface area contributed by atoms with Crippen molar-refractivity contribution in [2.24, 2.45) is 0 Å². The van der Waals surface area contributed by atoms with E-state index in [0.717, 1.165) is 44.3 Å². The largest absolute Gasteiger partial charge is 0.458 e. The van der Waals surface area contributed by atoms with Gasteiger partial charge in [-0.2, -0.15) is 0 Å². The monoisotopic (exact) mass is 301 g/mol. The molecule has 0 aromatic heterocycles. The van der Waals surface area contributed by atoms with E-state index < -0.39 is 11.6 Å². The number of esters is 1. The molecular formula is C18H23NO3. The molecule has 1 heterocycles. The van der Waals surface area contributed by atoms with Crippen LogP contribution in [-0.4, -0.2) is 42.2 Å². The van der Waals surface area contributed by atoms with Crippen LogP contribution in [0.3, 0.4) is 0 Å². The fourth-order valence-electron chi connectivity index (χ4n) is 3.34. The first-order valence-corrected chi connectivity index (χ1v) is 7.97. The van der Waals surface area contributed by atoms with E-state index in [1.165, 1.54) is 0 Å². The van der Waals surface area contributed by atoms with Crippen LogP contribution in [0, 0.1) is 0 Å². The Morgan fingerprint density at radius 3 is 2.73 bits per heavy atom. The summed E-state index contributed by atoms with van der Waals surface area (Å²) in [6.45, 7) is 1.65. The molecule has 0 radical (unpaired) electrons. The highest BCUT2D eigenvalue weighted by Crippen LogP contribution is 2.38. The number of aliphatic hydroxyl groups is 1. The lowest BCUT2D eigenvalue weighted by atomic mass is 9.85. The molecule has 0 saturated carbocycles. The topological polar surface area (TPSA) is 49.8 Å². The predicted octanol–water partition coefficient (Wildman–Crippen LogP) is 2.23. The van der Waals surface area contributed by atoms with Crippen LogP contribution in [0.1, 0.15) is 31.2 Å². The number of hydrogen-bond acceptors (Lipinski definition) is 4. The number of nitrogens with zero attached hydrogens (tertiary/aromatic N) is 1. The zero-order valence-corrected chi connectivity index (χ0v) is 13.0. The summed E-state index contributed by atoms with van der Waals surface area (Å²) in [5.41, 5.74) is -0.270. The van der Waals surface area contributed by atoms with Crippen LogP contribution in [0.4, 0.5) is 0 Å². The van der Waals surface area contributed by atoms with Gasteiger partial charge in [-0.15, -0.1) is 0 Å². The van der Waals surface area contributed by atoms with E-state index in [4.69, 9.17) is 4.74 Å². The number of allylic oxidation sites excluding steroid dienone is 1. The summed E-state index contributed by atoms with van der Waals surface area (Å²) in [5, 5.41) is 11.2. The summed E-state index contributed by atoms with van der Waals surface area (Å²) in [6, 6.07) is 9.14. The molecule has 118 valence electrons. The van der Waals surface area contributed by atoms with E-state index in [2.05, 4.69) is 4.90 Å². The van der Waals surface area contributed by atoms with Crippen LogP contribution in [-0.2, 0) is 15.1 Å². The predicted molar refractivity (Wildman–Crippen MR) is 84.3 cm³/mol. The van der Waals surface area contributed by atoms with E-state index in [1.807, 2.05) is 31.3 Å².